The lowest BCUT2D eigenvalue weighted by atomic mass is 9.83. The van der Waals surface area contributed by atoms with Gasteiger partial charge in [0.2, 0.25) is 5.91 Å². The summed E-state index contributed by atoms with van der Waals surface area (Å²) in [6.07, 6.45) is 6.58. The summed E-state index contributed by atoms with van der Waals surface area (Å²) in [5.41, 5.74) is 2.01. The molecule has 0 aromatic carbocycles. The number of amides is 1. The van der Waals surface area contributed by atoms with Crippen LogP contribution in [0.4, 0.5) is 5.82 Å². The van der Waals surface area contributed by atoms with E-state index < -0.39 is 0 Å². The Morgan fingerprint density at radius 3 is 2.80 bits per heavy atom. The molecule has 2 saturated carbocycles. The maximum Gasteiger partial charge on any atom is 0.231 e. The Labute approximate surface area is 152 Å². The smallest absolute Gasteiger partial charge is 0.231 e. The van der Waals surface area contributed by atoms with Crippen molar-refractivity contribution < 1.29 is 4.79 Å². The number of H-pyrrole nitrogens is 1. The Morgan fingerprint density at radius 1 is 1.32 bits per heavy atom. The van der Waals surface area contributed by atoms with Gasteiger partial charge in [0.15, 0.2) is 5.82 Å². The molecule has 2 aliphatic rings. The molecule has 0 bridgehead atoms. The van der Waals surface area contributed by atoms with Gasteiger partial charge in [-0.3, -0.25) is 9.89 Å². The number of aromatic amines is 1. The molecule has 2 N–H and O–H groups in total. The van der Waals surface area contributed by atoms with E-state index in [2.05, 4.69) is 29.4 Å². The molecule has 2 aliphatic carbocycles. The lowest BCUT2D eigenvalue weighted by Gasteiger charge is -2.24. The van der Waals surface area contributed by atoms with Crippen LogP contribution in [0, 0.1) is 11.8 Å². The summed E-state index contributed by atoms with van der Waals surface area (Å²) in [5.74, 6) is 3.32. The number of rotatable bonds is 5. The van der Waals surface area contributed by atoms with Crippen molar-refractivity contribution in [2.45, 2.75) is 64.2 Å². The minimum absolute atomic E-state index is 0.0454. The highest BCUT2D eigenvalue weighted by Gasteiger charge is 2.35. The first-order valence-electron chi connectivity index (χ1n) is 9.38. The molecular formula is C19H26N4OS. The van der Waals surface area contributed by atoms with Crippen molar-refractivity contribution in [3.63, 3.8) is 0 Å². The summed E-state index contributed by atoms with van der Waals surface area (Å²) in [6, 6.07) is 1.96. The third-order valence-corrected chi connectivity index (χ3v) is 6.71. The molecule has 5 nitrogen and oxygen atoms in total. The number of hydrogen-bond acceptors (Lipinski definition) is 4. The Hall–Kier alpha value is -1.69. The Bertz CT molecular complexity index is 744. The Kier molecular flexibility index (Phi) is 4.63. The second kappa shape index (κ2) is 6.90. The summed E-state index contributed by atoms with van der Waals surface area (Å²) in [5, 5.41) is 13.4. The lowest BCUT2D eigenvalue weighted by molar-refractivity contribution is -0.115. The molecule has 6 heteroatoms. The summed E-state index contributed by atoms with van der Waals surface area (Å²) in [6.45, 7) is 4.56. The molecule has 2 unspecified atom stereocenters. The van der Waals surface area contributed by atoms with Gasteiger partial charge in [-0.2, -0.15) is 5.10 Å². The predicted octanol–water partition coefficient (Wildman–Crippen LogP) is 4.46. The molecule has 4 rings (SSSR count). The van der Waals surface area contributed by atoms with Crippen LogP contribution in [-0.4, -0.2) is 21.1 Å². The molecular weight excluding hydrogens is 332 g/mol. The Balaban J connectivity index is 1.31. The third-order valence-electron chi connectivity index (χ3n) is 5.65. The highest BCUT2D eigenvalue weighted by Crippen LogP contribution is 2.46. The number of aromatic nitrogens is 3. The molecule has 25 heavy (non-hydrogen) atoms. The zero-order valence-corrected chi connectivity index (χ0v) is 15.7. The number of thiazole rings is 1. The van der Waals surface area contributed by atoms with Gasteiger partial charge in [0.25, 0.3) is 0 Å². The number of nitrogens with one attached hydrogen (secondary N) is 2. The zero-order chi connectivity index (χ0) is 17.4. The summed E-state index contributed by atoms with van der Waals surface area (Å²) in [7, 11) is 0. The van der Waals surface area contributed by atoms with Gasteiger partial charge < -0.3 is 5.32 Å². The van der Waals surface area contributed by atoms with Gasteiger partial charge in [-0.1, -0.05) is 26.7 Å². The van der Waals surface area contributed by atoms with Crippen molar-refractivity contribution in [3.8, 4) is 0 Å². The maximum absolute atomic E-state index is 12.3. The second-order valence-corrected chi connectivity index (χ2v) is 8.78. The number of nitrogens with zero attached hydrogens (tertiary/aromatic N) is 2. The van der Waals surface area contributed by atoms with E-state index in [1.165, 1.54) is 37.1 Å². The molecule has 2 aromatic rings. The first-order chi connectivity index (χ1) is 12.1. The molecule has 0 radical (unpaired) electrons. The third kappa shape index (κ3) is 3.94. The standard InChI is InChI=1S/C19H26N4OS/c1-11-3-5-13(6-4-11)19-20-14(10-25-19)8-18(24)21-17-9-16(22-23-17)15-7-12(15)2/h9-13,15H,3-8H2,1-2H3,(H2,21,22,23,24). The molecule has 0 aliphatic heterocycles. The maximum atomic E-state index is 12.3. The van der Waals surface area contributed by atoms with E-state index in [-0.39, 0.29) is 5.91 Å². The van der Waals surface area contributed by atoms with Crippen molar-refractivity contribution in [1.82, 2.24) is 15.2 Å². The van der Waals surface area contributed by atoms with Crippen LogP contribution in [0.25, 0.3) is 0 Å². The fourth-order valence-corrected chi connectivity index (χ4v) is 4.79. The number of anilines is 1. The van der Waals surface area contributed by atoms with Crippen LogP contribution in [0.1, 0.15) is 74.2 Å². The molecule has 1 amide bonds. The Morgan fingerprint density at radius 2 is 2.08 bits per heavy atom. The van der Waals surface area contributed by atoms with Crippen molar-refractivity contribution in [1.29, 1.82) is 0 Å². The zero-order valence-electron chi connectivity index (χ0n) is 14.9. The first kappa shape index (κ1) is 16.8. The predicted molar refractivity (Wildman–Crippen MR) is 99.9 cm³/mol. The number of carbonyl (C=O) groups excluding carboxylic acids is 1. The van der Waals surface area contributed by atoms with E-state index in [4.69, 9.17) is 4.98 Å². The van der Waals surface area contributed by atoms with Gasteiger partial charge in [-0.05, 0) is 31.1 Å². The molecule has 2 atom stereocenters. The van der Waals surface area contributed by atoms with Crippen LogP contribution in [0.5, 0.6) is 0 Å². The fourth-order valence-electron chi connectivity index (χ4n) is 3.80. The molecule has 2 heterocycles. The topological polar surface area (TPSA) is 70.7 Å². The van der Waals surface area contributed by atoms with E-state index in [0.29, 0.717) is 24.1 Å². The minimum atomic E-state index is -0.0454. The van der Waals surface area contributed by atoms with Crippen molar-refractivity contribution in [2.24, 2.45) is 11.8 Å². The van der Waals surface area contributed by atoms with Crippen molar-refractivity contribution in [3.05, 3.63) is 27.8 Å². The average Bonchev–Trinajstić information content (AvgIpc) is 2.99. The highest BCUT2D eigenvalue weighted by molar-refractivity contribution is 7.09. The molecule has 2 fully saturated rings. The van der Waals surface area contributed by atoms with E-state index in [9.17, 15) is 4.79 Å². The van der Waals surface area contributed by atoms with Crippen molar-refractivity contribution >= 4 is 23.1 Å². The van der Waals surface area contributed by atoms with Crippen LogP contribution in [-0.2, 0) is 11.2 Å². The van der Waals surface area contributed by atoms with E-state index >= 15 is 0 Å². The fraction of sp³-hybridized carbons (Fsp3) is 0.632. The van der Waals surface area contributed by atoms with Crippen LogP contribution < -0.4 is 5.32 Å². The minimum Gasteiger partial charge on any atom is -0.309 e. The van der Waals surface area contributed by atoms with E-state index in [0.717, 1.165) is 23.2 Å². The van der Waals surface area contributed by atoms with Crippen LogP contribution in [0.3, 0.4) is 0 Å². The highest BCUT2D eigenvalue weighted by atomic mass is 32.1. The molecule has 0 saturated heterocycles. The van der Waals surface area contributed by atoms with Gasteiger partial charge in [-0.25, -0.2) is 4.98 Å². The van der Waals surface area contributed by atoms with Gasteiger partial charge in [0, 0.05) is 29.0 Å². The summed E-state index contributed by atoms with van der Waals surface area (Å²) >= 11 is 1.71. The SMILES string of the molecule is CC1CCC(c2nc(CC(=O)Nc3cc(C4CC4C)[nH]n3)cs2)CC1. The van der Waals surface area contributed by atoms with Crippen LogP contribution in [0.2, 0.25) is 0 Å². The largest absolute Gasteiger partial charge is 0.309 e. The lowest BCUT2D eigenvalue weighted by Crippen LogP contribution is -2.15. The van der Waals surface area contributed by atoms with Crippen molar-refractivity contribution in [2.75, 3.05) is 5.32 Å². The normalized spacial score (nSPS) is 28.7. The number of hydrogen-bond donors (Lipinski definition) is 2. The summed E-state index contributed by atoms with van der Waals surface area (Å²) in [4.78, 5) is 17.0. The monoisotopic (exact) mass is 358 g/mol. The average molecular weight is 359 g/mol. The second-order valence-electron chi connectivity index (χ2n) is 7.89. The van der Waals surface area contributed by atoms with Gasteiger partial charge in [-0.15, -0.1) is 11.3 Å². The van der Waals surface area contributed by atoms with Gasteiger partial charge in [0.05, 0.1) is 17.1 Å². The molecule has 0 spiro atoms. The molecule has 2 aromatic heterocycles. The van der Waals surface area contributed by atoms with Crippen LogP contribution in [0.15, 0.2) is 11.4 Å². The van der Waals surface area contributed by atoms with Crippen LogP contribution >= 0.6 is 11.3 Å². The number of carbonyl (C=O) groups is 1. The van der Waals surface area contributed by atoms with Gasteiger partial charge >= 0.3 is 0 Å². The summed E-state index contributed by atoms with van der Waals surface area (Å²) < 4.78 is 0. The quantitative estimate of drug-likeness (QED) is 0.829. The molecule has 134 valence electrons. The van der Waals surface area contributed by atoms with E-state index in [1.807, 2.05) is 11.4 Å². The van der Waals surface area contributed by atoms with Gasteiger partial charge in [0.1, 0.15) is 0 Å². The first-order valence-corrected chi connectivity index (χ1v) is 10.3. The van der Waals surface area contributed by atoms with E-state index in [1.54, 1.807) is 11.3 Å².